The molecule has 1 saturated heterocycles. The molecule has 1 aliphatic heterocycles. The van der Waals surface area contributed by atoms with Crippen LogP contribution in [0.5, 0.6) is 0 Å². The summed E-state index contributed by atoms with van der Waals surface area (Å²) in [4.78, 5) is 9.25. The van der Waals surface area contributed by atoms with Gasteiger partial charge in [-0.3, -0.25) is 4.90 Å². The normalized spacial score (nSPS) is 22.2. The van der Waals surface area contributed by atoms with Crippen LogP contribution in [-0.2, 0) is 6.54 Å². The van der Waals surface area contributed by atoms with Crippen molar-refractivity contribution in [3.8, 4) is 11.4 Å². The maximum Gasteiger partial charge on any atom is 0.241 e. The molecule has 0 aliphatic carbocycles. The molecule has 1 aromatic carbocycles. The van der Waals surface area contributed by atoms with Gasteiger partial charge < -0.3 is 9.42 Å². The van der Waals surface area contributed by atoms with Crippen LogP contribution in [0.15, 0.2) is 28.8 Å². The number of piperidine rings is 1. The van der Waals surface area contributed by atoms with Crippen LogP contribution in [0, 0.1) is 11.7 Å². The first kappa shape index (κ1) is 17.0. The van der Waals surface area contributed by atoms with Gasteiger partial charge >= 0.3 is 0 Å². The fraction of sp³-hybridized carbons (Fsp3) is 0.556. The van der Waals surface area contributed by atoms with Gasteiger partial charge in [-0.2, -0.15) is 4.98 Å². The number of hydrogen-bond acceptors (Lipinski definition) is 5. The highest BCUT2D eigenvalue weighted by Crippen LogP contribution is 2.23. The quantitative estimate of drug-likeness (QED) is 0.842. The maximum absolute atomic E-state index is 13.0. The molecule has 5 nitrogen and oxygen atoms in total. The number of benzene rings is 1. The van der Waals surface area contributed by atoms with Gasteiger partial charge in [-0.05, 0) is 56.7 Å². The maximum atomic E-state index is 13.0. The number of halogens is 1. The van der Waals surface area contributed by atoms with E-state index in [2.05, 4.69) is 40.8 Å². The Morgan fingerprint density at radius 1 is 1.33 bits per heavy atom. The van der Waals surface area contributed by atoms with Gasteiger partial charge in [-0.25, -0.2) is 4.39 Å². The Hall–Kier alpha value is -1.79. The van der Waals surface area contributed by atoms with Crippen LogP contribution in [0.2, 0.25) is 0 Å². The molecule has 0 saturated carbocycles. The van der Waals surface area contributed by atoms with Gasteiger partial charge in [-0.15, -0.1) is 0 Å². The van der Waals surface area contributed by atoms with E-state index in [1.54, 1.807) is 12.1 Å². The molecule has 1 aromatic heterocycles. The van der Waals surface area contributed by atoms with E-state index in [-0.39, 0.29) is 5.82 Å². The molecule has 6 heteroatoms. The molecule has 0 bridgehead atoms. The Morgan fingerprint density at radius 2 is 2.08 bits per heavy atom. The van der Waals surface area contributed by atoms with Gasteiger partial charge in [0.25, 0.3) is 0 Å². The minimum atomic E-state index is -0.269. The molecule has 0 unspecified atom stereocenters. The zero-order valence-electron chi connectivity index (χ0n) is 14.6. The fourth-order valence-corrected chi connectivity index (χ4v) is 3.53. The Bertz CT molecular complexity index is 657. The van der Waals surface area contributed by atoms with Crippen molar-refractivity contribution in [2.24, 2.45) is 5.92 Å². The van der Waals surface area contributed by atoms with E-state index in [4.69, 9.17) is 4.52 Å². The summed E-state index contributed by atoms with van der Waals surface area (Å²) in [6, 6.07) is 6.65. The molecule has 2 aromatic rings. The first-order valence-corrected chi connectivity index (χ1v) is 8.58. The molecule has 0 spiro atoms. The fourth-order valence-electron chi connectivity index (χ4n) is 3.53. The monoisotopic (exact) mass is 332 g/mol. The van der Waals surface area contributed by atoms with Gasteiger partial charge in [0.15, 0.2) is 0 Å². The number of nitrogens with zero attached hydrogens (tertiary/aromatic N) is 4. The predicted octanol–water partition coefficient (Wildman–Crippen LogP) is 3.04. The van der Waals surface area contributed by atoms with Crippen molar-refractivity contribution < 1.29 is 8.91 Å². The average Bonchev–Trinajstić information content (AvgIpc) is 3.03. The van der Waals surface area contributed by atoms with E-state index in [9.17, 15) is 4.39 Å². The summed E-state index contributed by atoms with van der Waals surface area (Å²) in [5, 5.41) is 4.02. The van der Waals surface area contributed by atoms with E-state index in [0.717, 1.165) is 31.6 Å². The molecule has 0 radical (unpaired) electrons. The lowest BCUT2D eigenvalue weighted by Crippen LogP contribution is -2.48. The summed E-state index contributed by atoms with van der Waals surface area (Å²) in [5.74, 6) is 1.45. The van der Waals surface area contributed by atoms with E-state index < -0.39 is 0 Å². The first-order chi connectivity index (χ1) is 11.6. The summed E-state index contributed by atoms with van der Waals surface area (Å²) in [6.45, 7) is 8.55. The third-order valence-corrected chi connectivity index (χ3v) is 4.91. The summed E-state index contributed by atoms with van der Waals surface area (Å²) >= 11 is 0. The van der Waals surface area contributed by atoms with Crippen molar-refractivity contribution in [1.82, 2.24) is 19.9 Å². The minimum Gasteiger partial charge on any atom is -0.338 e. The van der Waals surface area contributed by atoms with Crippen LogP contribution in [-0.4, -0.2) is 52.7 Å². The van der Waals surface area contributed by atoms with Crippen LogP contribution in [0.4, 0.5) is 4.39 Å². The number of hydrogen-bond donors (Lipinski definition) is 0. The van der Waals surface area contributed by atoms with Crippen molar-refractivity contribution in [3.63, 3.8) is 0 Å². The lowest BCUT2D eigenvalue weighted by molar-refractivity contribution is 0.0724. The standard InChI is InChI=1S/C18H25FN4O/c1-4-23-10-9-16(13(2)11-23)22(3)12-17-20-18(21-24-17)14-5-7-15(19)8-6-14/h5-8,13,16H,4,9-12H2,1-3H3/t13-,16-/m1/s1. The lowest BCUT2D eigenvalue weighted by Gasteiger charge is -2.40. The van der Waals surface area contributed by atoms with Crippen molar-refractivity contribution in [1.29, 1.82) is 0 Å². The highest BCUT2D eigenvalue weighted by molar-refractivity contribution is 5.53. The molecule has 24 heavy (non-hydrogen) atoms. The predicted molar refractivity (Wildman–Crippen MR) is 90.8 cm³/mol. The Labute approximate surface area is 142 Å². The first-order valence-electron chi connectivity index (χ1n) is 8.58. The largest absolute Gasteiger partial charge is 0.338 e. The topological polar surface area (TPSA) is 45.4 Å². The summed E-state index contributed by atoms with van der Waals surface area (Å²) in [5.41, 5.74) is 0.763. The second-order valence-electron chi connectivity index (χ2n) is 6.66. The van der Waals surface area contributed by atoms with E-state index >= 15 is 0 Å². The van der Waals surface area contributed by atoms with Crippen LogP contribution >= 0.6 is 0 Å². The van der Waals surface area contributed by atoms with Crippen LogP contribution in [0.1, 0.15) is 26.2 Å². The molecule has 0 N–H and O–H groups in total. The third-order valence-electron chi connectivity index (χ3n) is 4.91. The third kappa shape index (κ3) is 3.82. The Balaban J connectivity index is 1.63. The zero-order chi connectivity index (χ0) is 17.1. The summed E-state index contributed by atoms with van der Waals surface area (Å²) in [6.07, 6.45) is 1.16. The molecule has 1 aliphatic rings. The molecule has 1 fully saturated rings. The van der Waals surface area contributed by atoms with Crippen molar-refractivity contribution in [2.45, 2.75) is 32.9 Å². The SMILES string of the molecule is CCN1CC[C@@H](N(C)Cc2nc(-c3ccc(F)cc3)no2)[C@H](C)C1. The lowest BCUT2D eigenvalue weighted by atomic mass is 9.92. The molecule has 3 rings (SSSR count). The van der Waals surface area contributed by atoms with Gasteiger partial charge in [-0.1, -0.05) is 19.0 Å². The van der Waals surface area contributed by atoms with Crippen LogP contribution in [0.25, 0.3) is 11.4 Å². The van der Waals surface area contributed by atoms with E-state index in [1.807, 2.05) is 0 Å². The van der Waals surface area contributed by atoms with E-state index in [1.165, 1.54) is 12.1 Å². The molecule has 2 heterocycles. The molecular formula is C18H25FN4O. The molecule has 130 valence electrons. The van der Waals surface area contributed by atoms with Crippen LogP contribution in [0.3, 0.4) is 0 Å². The summed E-state index contributed by atoms with van der Waals surface area (Å²) in [7, 11) is 2.12. The molecular weight excluding hydrogens is 307 g/mol. The second kappa shape index (κ2) is 7.40. The van der Waals surface area contributed by atoms with Gasteiger partial charge in [0, 0.05) is 18.2 Å². The van der Waals surface area contributed by atoms with Crippen LogP contribution < -0.4 is 0 Å². The zero-order valence-corrected chi connectivity index (χ0v) is 14.6. The number of aromatic nitrogens is 2. The highest BCUT2D eigenvalue weighted by Gasteiger charge is 2.29. The van der Waals surface area contributed by atoms with E-state index in [0.29, 0.717) is 30.2 Å². The molecule has 2 atom stereocenters. The summed E-state index contributed by atoms with van der Waals surface area (Å²) < 4.78 is 18.4. The minimum absolute atomic E-state index is 0.269. The Morgan fingerprint density at radius 3 is 2.75 bits per heavy atom. The van der Waals surface area contributed by atoms with Gasteiger partial charge in [0.05, 0.1) is 6.54 Å². The second-order valence-corrected chi connectivity index (χ2v) is 6.66. The average molecular weight is 332 g/mol. The van der Waals surface area contributed by atoms with Crippen molar-refractivity contribution in [2.75, 3.05) is 26.7 Å². The van der Waals surface area contributed by atoms with Crippen molar-refractivity contribution >= 4 is 0 Å². The highest BCUT2D eigenvalue weighted by atomic mass is 19.1. The smallest absolute Gasteiger partial charge is 0.241 e. The number of rotatable bonds is 5. The Kier molecular flexibility index (Phi) is 5.26. The van der Waals surface area contributed by atoms with Gasteiger partial charge in [0.1, 0.15) is 5.82 Å². The number of likely N-dealkylation sites (tertiary alicyclic amines) is 1. The van der Waals surface area contributed by atoms with Gasteiger partial charge in [0.2, 0.25) is 11.7 Å². The molecule has 0 amide bonds. The van der Waals surface area contributed by atoms with Crippen molar-refractivity contribution in [3.05, 3.63) is 36.0 Å².